The quantitative estimate of drug-likeness (QED) is 0.529. The molecule has 2 nitrogen and oxygen atoms in total. The van der Waals surface area contributed by atoms with E-state index in [1.165, 1.54) is 0 Å². The van der Waals surface area contributed by atoms with Crippen LogP contribution in [0.5, 0.6) is 0 Å². The Morgan fingerprint density at radius 1 is 1.33 bits per heavy atom. The lowest BCUT2D eigenvalue weighted by Gasteiger charge is -2.19. The van der Waals surface area contributed by atoms with Crippen molar-refractivity contribution < 1.29 is 4.79 Å². The maximum absolute atomic E-state index is 10.8. The van der Waals surface area contributed by atoms with Crippen molar-refractivity contribution in [1.82, 2.24) is 5.32 Å². The summed E-state index contributed by atoms with van der Waals surface area (Å²) in [6, 6.07) is 0. The second-order valence-corrected chi connectivity index (χ2v) is 3.05. The zero-order valence-corrected chi connectivity index (χ0v) is 6.24. The molecule has 0 aromatic heterocycles. The summed E-state index contributed by atoms with van der Waals surface area (Å²) in [6.45, 7) is 1.09. The second kappa shape index (κ2) is 2.86. The Morgan fingerprint density at radius 3 is 2.11 bits per heavy atom. The molecule has 0 aromatic rings. The van der Waals surface area contributed by atoms with Crippen LogP contribution in [0.1, 0.15) is 0 Å². The van der Waals surface area contributed by atoms with E-state index in [9.17, 15) is 4.79 Å². The lowest BCUT2D eigenvalue weighted by Crippen LogP contribution is -2.45. The molecule has 2 atom stereocenters. The van der Waals surface area contributed by atoms with Crippen LogP contribution in [-0.4, -0.2) is 29.6 Å². The van der Waals surface area contributed by atoms with Crippen LogP contribution >= 0.6 is 23.2 Å². The summed E-state index contributed by atoms with van der Waals surface area (Å²) in [5.74, 6) is -0.0583. The highest BCUT2D eigenvalue weighted by Crippen LogP contribution is 2.09. The normalized spacial score (nSPS) is 36.9. The van der Waals surface area contributed by atoms with Gasteiger partial charge in [0.05, 0.1) is 0 Å². The van der Waals surface area contributed by atoms with E-state index in [1.807, 2.05) is 0 Å². The molecule has 0 saturated carbocycles. The maximum Gasteiger partial charge on any atom is 0.171 e. The summed E-state index contributed by atoms with van der Waals surface area (Å²) in [7, 11) is 0. The van der Waals surface area contributed by atoms with E-state index < -0.39 is 10.8 Å². The fourth-order valence-electron chi connectivity index (χ4n) is 0.734. The van der Waals surface area contributed by atoms with Gasteiger partial charge < -0.3 is 5.32 Å². The minimum absolute atomic E-state index is 0.0583. The number of nitrogens with one attached hydrogen (secondary N) is 1. The largest absolute Gasteiger partial charge is 0.313 e. The van der Waals surface area contributed by atoms with Crippen LogP contribution in [0.15, 0.2) is 0 Å². The molecular weight excluding hydrogens is 161 g/mol. The van der Waals surface area contributed by atoms with Gasteiger partial charge in [0.15, 0.2) is 5.78 Å². The van der Waals surface area contributed by atoms with Crippen LogP contribution in [0.2, 0.25) is 0 Å². The van der Waals surface area contributed by atoms with Crippen LogP contribution in [0, 0.1) is 0 Å². The Bertz CT molecular complexity index is 116. The summed E-state index contributed by atoms with van der Waals surface area (Å²) in [4.78, 5) is 10.8. The first-order chi connectivity index (χ1) is 4.22. The number of hydrogen-bond donors (Lipinski definition) is 1. The lowest BCUT2D eigenvalue weighted by atomic mass is 10.1. The van der Waals surface area contributed by atoms with Crippen LogP contribution in [0.25, 0.3) is 0 Å². The zero-order chi connectivity index (χ0) is 6.85. The molecule has 0 radical (unpaired) electrons. The molecule has 9 heavy (non-hydrogen) atoms. The third kappa shape index (κ3) is 1.57. The van der Waals surface area contributed by atoms with Crippen molar-refractivity contribution in [2.45, 2.75) is 10.8 Å². The van der Waals surface area contributed by atoms with Gasteiger partial charge in [0.2, 0.25) is 0 Å². The van der Waals surface area contributed by atoms with E-state index in [-0.39, 0.29) is 5.78 Å². The zero-order valence-electron chi connectivity index (χ0n) is 4.73. The van der Waals surface area contributed by atoms with E-state index in [4.69, 9.17) is 23.2 Å². The number of rotatable bonds is 0. The van der Waals surface area contributed by atoms with Crippen LogP contribution in [0.4, 0.5) is 0 Å². The molecule has 1 aliphatic heterocycles. The molecule has 2 unspecified atom stereocenters. The van der Waals surface area contributed by atoms with E-state index in [1.54, 1.807) is 0 Å². The first kappa shape index (κ1) is 7.32. The van der Waals surface area contributed by atoms with Crippen molar-refractivity contribution in [2.24, 2.45) is 0 Å². The van der Waals surface area contributed by atoms with Gasteiger partial charge >= 0.3 is 0 Å². The van der Waals surface area contributed by atoms with Gasteiger partial charge in [0, 0.05) is 13.1 Å². The summed E-state index contributed by atoms with van der Waals surface area (Å²) >= 11 is 11.1. The molecule has 1 rings (SSSR count). The van der Waals surface area contributed by atoms with Gasteiger partial charge in [-0.3, -0.25) is 4.79 Å². The third-order valence-corrected chi connectivity index (χ3v) is 2.00. The van der Waals surface area contributed by atoms with E-state index in [0.29, 0.717) is 13.1 Å². The Hall–Kier alpha value is 0.210. The second-order valence-electron chi connectivity index (χ2n) is 2.00. The highest BCUT2D eigenvalue weighted by molar-refractivity contribution is 6.40. The molecule has 52 valence electrons. The molecular formula is C5H7Cl2NO. The predicted octanol–water partition coefficient (Wildman–Crippen LogP) is 0.373. The average molecular weight is 168 g/mol. The Morgan fingerprint density at radius 2 is 1.78 bits per heavy atom. The summed E-state index contributed by atoms with van der Waals surface area (Å²) in [5, 5.41) is 2.07. The lowest BCUT2D eigenvalue weighted by molar-refractivity contribution is -0.119. The summed E-state index contributed by atoms with van der Waals surface area (Å²) in [5.41, 5.74) is 0. The maximum atomic E-state index is 10.8. The van der Waals surface area contributed by atoms with Crippen molar-refractivity contribution >= 4 is 29.0 Å². The smallest absolute Gasteiger partial charge is 0.171 e. The number of hydrogen-bond acceptors (Lipinski definition) is 2. The third-order valence-electron chi connectivity index (χ3n) is 1.26. The number of carbonyl (C=O) groups excluding carboxylic acids is 1. The van der Waals surface area contributed by atoms with Gasteiger partial charge in [-0.05, 0) is 0 Å². The number of piperidine rings is 1. The molecule has 0 amide bonds. The minimum atomic E-state index is -0.429. The average Bonchev–Trinajstić information content (AvgIpc) is 1.83. The van der Waals surface area contributed by atoms with Gasteiger partial charge in [-0.1, -0.05) is 0 Å². The molecule has 1 aliphatic rings. The molecule has 1 fully saturated rings. The van der Waals surface area contributed by atoms with E-state index in [0.717, 1.165) is 0 Å². The predicted molar refractivity (Wildman–Crippen MR) is 37.2 cm³/mol. The molecule has 4 heteroatoms. The standard InChI is InChI=1S/C5H7Cl2NO/c6-3-1-8-2-4(7)5(3)9/h3-4,8H,1-2H2. The highest BCUT2D eigenvalue weighted by atomic mass is 35.5. The number of alkyl halides is 2. The number of ketones is 1. The van der Waals surface area contributed by atoms with Crippen molar-refractivity contribution in [3.63, 3.8) is 0 Å². The van der Waals surface area contributed by atoms with Gasteiger partial charge in [-0.25, -0.2) is 0 Å². The molecule has 0 spiro atoms. The topological polar surface area (TPSA) is 29.1 Å². The highest BCUT2D eigenvalue weighted by Gasteiger charge is 2.27. The summed E-state index contributed by atoms with van der Waals surface area (Å²) in [6.07, 6.45) is 0. The Kier molecular flexibility index (Phi) is 2.33. The van der Waals surface area contributed by atoms with E-state index >= 15 is 0 Å². The van der Waals surface area contributed by atoms with Crippen molar-refractivity contribution in [2.75, 3.05) is 13.1 Å². The summed E-state index contributed by atoms with van der Waals surface area (Å²) < 4.78 is 0. The Labute approximate surface area is 63.5 Å². The van der Waals surface area contributed by atoms with Crippen molar-refractivity contribution in [1.29, 1.82) is 0 Å². The van der Waals surface area contributed by atoms with Crippen LogP contribution in [0.3, 0.4) is 0 Å². The fraction of sp³-hybridized carbons (Fsp3) is 0.800. The van der Waals surface area contributed by atoms with Gasteiger partial charge in [0.1, 0.15) is 10.8 Å². The molecule has 1 N–H and O–H groups in total. The van der Waals surface area contributed by atoms with Gasteiger partial charge in [0.25, 0.3) is 0 Å². The first-order valence-electron chi connectivity index (χ1n) is 2.74. The molecule has 1 heterocycles. The van der Waals surface area contributed by atoms with Crippen molar-refractivity contribution in [3.8, 4) is 0 Å². The molecule has 0 aromatic carbocycles. The number of carbonyl (C=O) groups is 1. The number of halogens is 2. The first-order valence-corrected chi connectivity index (χ1v) is 3.61. The molecule has 0 bridgehead atoms. The minimum Gasteiger partial charge on any atom is -0.313 e. The van der Waals surface area contributed by atoms with E-state index in [2.05, 4.69) is 5.32 Å². The molecule has 0 aliphatic carbocycles. The Balaban J connectivity index is 2.52. The monoisotopic (exact) mass is 167 g/mol. The van der Waals surface area contributed by atoms with Gasteiger partial charge in [-0.15, -0.1) is 23.2 Å². The number of Topliss-reactive ketones (excluding diaryl/α,β-unsaturated/α-hetero) is 1. The fourth-order valence-corrected chi connectivity index (χ4v) is 1.32. The van der Waals surface area contributed by atoms with Crippen molar-refractivity contribution in [3.05, 3.63) is 0 Å². The van der Waals surface area contributed by atoms with Crippen LogP contribution in [-0.2, 0) is 4.79 Å². The SMILES string of the molecule is O=C1C(Cl)CNCC1Cl. The molecule has 1 saturated heterocycles. The van der Waals surface area contributed by atoms with Gasteiger partial charge in [-0.2, -0.15) is 0 Å². The van der Waals surface area contributed by atoms with Crippen LogP contribution < -0.4 is 5.32 Å².